The van der Waals surface area contributed by atoms with Gasteiger partial charge in [0, 0.05) is 24.6 Å². The average molecular weight is 521 g/mol. The first kappa shape index (κ1) is 27.8. The lowest BCUT2D eigenvalue weighted by atomic mass is 9.74. The van der Waals surface area contributed by atoms with Gasteiger partial charge in [0.15, 0.2) is 0 Å². The Morgan fingerprint density at radius 1 is 1.22 bits per heavy atom. The largest absolute Gasteiger partial charge is 0.394 e. The molecule has 4 rings (SSSR count). The number of anilines is 1. The Labute approximate surface area is 217 Å². The molecular weight excluding hydrogens is 479 g/mol. The number of halogens is 1. The molecule has 2 aliphatic carbocycles. The van der Waals surface area contributed by atoms with Gasteiger partial charge in [0.25, 0.3) is 0 Å². The van der Waals surface area contributed by atoms with Gasteiger partial charge < -0.3 is 30.7 Å². The predicted octanol–water partition coefficient (Wildman–Crippen LogP) is 2.83. The molecule has 2 aliphatic rings. The molecular formula is C27H41FN4O5. The summed E-state index contributed by atoms with van der Waals surface area (Å²) in [5, 5.41) is 22.6. The van der Waals surface area contributed by atoms with Gasteiger partial charge in [0.05, 0.1) is 31.1 Å². The molecule has 0 bridgehead atoms. The van der Waals surface area contributed by atoms with E-state index in [0.29, 0.717) is 30.3 Å². The number of hydrogen-bond acceptors (Lipinski definition) is 7. The normalized spacial score (nSPS) is 31.4. The first-order chi connectivity index (χ1) is 17.7. The number of amides is 1. The van der Waals surface area contributed by atoms with E-state index >= 15 is 0 Å². The van der Waals surface area contributed by atoms with Crippen LogP contribution < -0.4 is 11.1 Å². The van der Waals surface area contributed by atoms with E-state index < -0.39 is 18.1 Å². The van der Waals surface area contributed by atoms with Crippen LogP contribution in [0.1, 0.15) is 64.5 Å². The number of ether oxygens (including phenoxy) is 2. The lowest BCUT2D eigenvalue weighted by Crippen LogP contribution is -2.42. The van der Waals surface area contributed by atoms with E-state index in [1.165, 1.54) is 18.7 Å². The monoisotopic (exact) mass is 520 g/mol. The highest BCUT2D eigenvalue weighted by Crippen LogP contribution is 2.44. The fraction of sp³-hybridized carbons (Fsp3) is 0.704. The van der Waals surface area contributed by atoms with Crippen LogP contribution in [0.3, 0.4) is 0 Å². The molecule has 37 heavy (non-hydrogen) atoms. The Morgan fingerprint density at radius 3 is 2.62 bits per heavy atom. The van der Waals surface area contributed by atoms with Gasteiger partial charge in [0.1, 0.15) is 30.0 Å². The van der Waals surface area contributed by atoms with Crippen molar-refractivity contribution in [2.24, 2.45) is 23.5 Å². The van der Waals surface area contributed by atoms with E-state index in [0.717, 1.165) is 24.4 Å². The van der Waals surface area contributed by atoms with Gasteiger partial charge in [-0.2, -0.15) is 0 Å². The number of nitrogens with zero attached hydrogens (tertiary/aromatic N) is 2. The Balaban J connectivity index is 1.70. The smallest absolute Gasteiger partial charge is 0.243 e. The molecule has 7 atom stereocenters. The van der Waals surface area contributed by atoms with Gasteiger partial charge in [-0.15, -0.1) is 0 Å². The minimum atomic E-state index is -0.957. The van der Waals surface area contributed by atoms with Crippen molar-refractivity contribution in [1.29, 1.82) is 0 Å². The fourth-order valence-electron chi connectivity index (χ4n) is 6.21. The zero-order valence-corrected chi connectivity index (χ0v) is 22.0. The first-order valence-corrected chi connectivity index (χ1v) is 13.4. The second-order valence-corrected chi connectivity index (χ2v) is 11.1. The predicted molar refractivity (Wildman–Crippen MR) is 138 cm³/mol. The van der Waals surface area contributed by atoms with Crippen molar-refractivity contribution in [2.75, 3.05) is 25.1 Å². The van der Waals surface area contributed by atoms with E-state index in [1.807, 2.05) is 0 Å². The number of hydrogen-bond donors (Lipinski definition) is 4. The van der Waals surface area contributed by atoms with Crippen molar-refractivity contribution in [1.82, 2.24) is 9.38 Å². The number of nitrogens with one attached hydrogen (secondary N) is 1. The molecule has 10 heteroatoms. The standard InChI is InChI=1S/C27H41FN4O5/c1-15-5-4-6-16(2)25(15)31-27-26(30-23-8-7-18(28)11-32(23)27)24-17(3)9-20(36-13-19(34)12-33)10-21(24)37-14-22(29)35/h7-8,11,15-17,19-21,24-25,31,33-34H,4-6,9-10,12-14H2,1-3H3,(H2,29,35). The van der Waals surface area contributed by atoms with E-state index in [-0.39, 0.29) is 49.6 Å². The summed E-state index contributed by atoms with van der Waals surface area (Å²) < 4.78 is 28.1. The molecule has 0 aliphatic heterocycles. The Kier molecular flexibility index (Phi) is 9.05. The van der Waals surface area contributed by atoms with Crippen LogP contribution in [0.2, 0.25) is 0 Å². The van der Waals surface area contributed by atoms with Crippen LogP contribution in [-0.2, 0) is 14.3 Å². The zero-order valence-electron chi connectivity index (χ0n) is 22.0. The van der Waals surface area contributed by atoms with Gasteiger partial charge in [-0.1, -0.05) is 27.2 Å². The van der Waals surface area contributed by atoms with Gasteiger partial charge in [0.2, 0.25) is 5.91 Å². The molecule has 0 aromatic carbocycles. The van der Waals surface area contributed by atoms with Crippen molar-refractivity contribution in [3.05, 3.63) is 29.8 Å². The van der Waals surface area contributed by atoms with Crippen LogP contribution in [0.5, 0.6) is 0 Å². The summed E-state index contributed by atoms with van der Waals surface area (Å²) in [7, 11) is 0. The summed E-state index contributed by atoms with van der Waals surface area (Å²) in [4.78, 5) is 16.6. The number of nitrogens with two attached hydrogens (primary N) is 1. The summed E-state index contributed by atoms with van der Waals surface area (Å²) in [5.41, 5.74) is 6.83. The lowest BCUT2D eigenvalue weighted by Gasteiger charge is -2.41. The molecule has 7 unspecified atom stereocenters. The third kappa shape index (κ3) is 6.42. The summed E-state index contributed by atoms with van der Waals surface area (Å²) in [6.07, 6.45) is 4.46. The molecule has 2 saturated carbocycles. The molecule has 9 nitrogen and oxygen atoms in total. The Bertz CT molecular complexity index is 1050. The second kappa shape index (κ2) is 12.1. The van der Waals surface area contributed by atoms with Gasteiger partial charge in [-0.05, 0) is 49.1 Å². The van der Waals surface area contributed by atoms with Crippen LogP contribution in [0, 0.1) is 23.6 Å². The molecule has 0 spiro atoms. The third-order valence-electron chi connectivity index (χ3n) is 8.09. The molecule has 2 aromatic heterocycles. The number of aromatic nitrogens is 2. The topological polar surface area (TPSA) is 131 Å². The zero-order chi connectivity index (χ0) is 26.7. The summed E-state index contributed by atoms with van der Waals surface area (Å²) in [6.45, 7) is 5.99. The van der Waals surface area contributed by atoms with Crippen LogP contribution >= 0.6 is 0 Å². The number of aliphatic hydroxyl groups excluding tert-OH is 2. The molecule has 1 amide bonds. The number of aliphatic hydroxyl groups is 2. The second-order valence-electron chi connectivity index (χ2n) is 11.1. The lowest BCUT2D eigenvalue weighted by molar-refractivity contribution is -0.130. The van der Waals surface area contributed by atoms with Crippen molar-refractivity contribution in [3.8, 4) is 0 Å². The quantitative estimate of drug-likeness (QED) is 0.379. The number of primary amides is 1. The number of pyridine rings is 1. The highest BCUT2D eigenvalue weighted by molar-refractivity contribution is 5.75. The molecule has 5 N–H and O–H groups in total. The maximum atomic E-state index is 14.4. The van der Waals surface area contributed by atoms with E-state index in [2.05, 4.69) is 26.1 Å². The minimum Gasteiger partial charge on any atom is -0.394 e. The van der Waals surface area contributed by atoms with Crippen LogP contribution in [-0.4, -0.2) is 69.7 Å². The SMILES string of the molecule is CC1CCCC(C)C1Nc1c(C2C(C)CC(OCC(O)CO)CC2OCC(N)=O)nc2ccc(F)cn12. The number of carbonyl (C=O) groups is 1. The molecule has 2 aromatic rings. The maximum Gasteiger partial charge on any atom is 0.243 e. The first-order valence-electron chi connectivity index (χ1n) is 13.4. The summed E-state index contributed by atoms with van der Waals surface area (Å²) in [6, 6.07) is 3.30. The molecule has 2 heterocycles. The number of carbonyl (C=O) groups excluding carboxylic acids is 1. The highest BCUT2D eigenvalue weighted by atomic mass is 19.1. The Hall–Kier alpha value is -2.27. The van der Waals surface area contributed by atoms with Crippen LogP contribution in [0.25, 0.3) is 5.65 Å². The number of rotatable bonds is 10. The Morgan fingerprint density at radius 2 is 1.95 bits per heavy atom. The number of fused-ring (bicyclic) bond motifs is 1. The van der Waals surface area contributed by atoms with Crippen molar-refractivity contribution in [2.45, 2.75) is 83.1 Å². The average Bonchev–Trinajstić information content (AvgIpc) is 3.20. The van der Waals surface area contributed by atoms with E-state index in [9.17, 15) is 14.3 Å². The van der Waals surface area contributed by atoms with Crippen LogP contribution in [0.15, 0.2) is 18.3 Å². The van der Waals surface area contributed by atoms with E-state index in [4.69, 9.17) is 25.3 Å². The van der Waals surface area contributed by atoms with Crippen molar-refractivity contribution >= 4 is 17.4 Å². The summed E-state index contributed by atoms with van der Waals surface area (Å²) in [5.74, 6) is 0.610. The molecule has 2 fully saturated rings. The molecule has 206 valence electrons. The third-order valence-corrected chi connectivity index (χ3v) is 8.09. The van der Waals surface area contributed by atoms with E-state index in [1.54, 1.807) is 10.5 Å². The minimum absolute atomic E-state index is 0.0129. The highest BCUT2D eigenvalue weighted by Gasteiger charge is 2.42. The van der Waals surface area contributed by atoms with Crippen molar-refractivity contribution < 1.29 is 28.9 Å². The van der Waals surface area contributed by atoms with Gasteiger partial charge in [-0.3, -0.25) is 9.20 Å². The maximum absolute atomic E-state index is 14.4. The van der Waals surface area contributed by atoms with Gasteiger partial charge >= 0.3 is 0 Å². The number of imidazole rings is 1. The van der Waals surface area contributed by atoms with Crippen LogP contribution in [0.4, 0.5) is 10.2 Å². The molecule has 0 saturated heterocycles. The molecule has 0 radical (unpaired) electrons. The fourth-order valence-corrected chi connectivity index (χ4v) is 6.21. The van der Waals surface area contributed by atoms with Gasteiger partial charge in [-0.25, -0.2) is 9.37 Å². The summed E-state index contributed by atoms with van der Waals surface area (Å²) >= 11 is 0. The van der Waals surface area contributed by atoms with Crippen molar-refractivity contribution in [3.63, 3.8) is 0 Å².